The molecule has 0 bridgehead atoms. The molecular weight excluding hydrogens is 537 g/mol. The highest BCUT2D eigenvalue weighted by Crippen LogP contribution is 2.57. The van der Waals surface area contributed by atoms with Crippen molar-refractivity contribution in [3.05, 3.63) is 75.8 Å². The number of carbonyl (C=O) groups excluding carboxylic acids is 3. The molecule has 0 aromatic heterocycles. The third kappa shape index (κ3) is 4.30. The van der Waals surface area contributed by atoms with Gasteiger partial charge in [-0.1, -0.05) is 60.5 Å². The maximum Gasteiger partial charge on any atom is 0.262 e. The number of anilines is 1. The summed E-state index contributed by atoms with van der Waals surface area (Å²) in [6.45, 7) is 6.23. The quantitative estimate of drug-likeness (QED) is 0.506. The first-order valence-electron chi connectivity index (χ1n) is 13.2. The summed E-state index contributed by atoms with van der Waals surface area (Å²) in [6.07, 6.45) is 2.87. The van der Waals surface area contributed by atoms with Gasteiger partial charge in [0.2, 0.25) is 11.8 Å². The smallest absolute Gasteiger partial charge is 0.262 e. The van der Waals surface area contributed by atoms with Crippen molar-refractivity contribution in [2.24, 2.45) is 5.10 Å². The van der Waals surface area contributed by atoms with E-state index in [2.05, 4.69) is 17.2 Å². The summed E-state index contributed by atoms with van der Waals surface area (Å²) in [7, 11) is 0. The fraction of sp³-hybridized carbons (Fsp3) is 0.379. The van der Waals surface area contributed by atoms with E-state index in [1.54, 1.807) is 18.2 Å². The molecule has 2 N–H and O–H groups in total. The second-order valence-corrected chi connectivity index (χ2v) is 11.5. The first-order chi connectivity index (χ1) is 18.7. The number of nitrogens with one attached hydrogen (secondary N) is 2. The van der Waals surface area contributed by atoms with Gasteiger partial charge in [0.1, 0.15) is 24.3 Å². The van der Waals surface area contributed by atoms with Crippen LogP contribution in [0.5, 0.6) is 0 Å². The number of piperidine rings is 1. The maximum absolute atomic E-state index is 14.3. The first-order valence-corrected chi connectivity index (χ1v) is 14.0. The molecule has 6 rings (SSSR count). The molecule has 3 aliphatic heterocycles. The average Bonchev–Trinajstić information content (AvgIpc) is 3.67. The van der Waals surface area contributed by atoms with Crippen LogP contribution in [-0.4, -0.2) is 58.6 Å². The van der Waals surface area contributed by atoms with Crippen LogP contribution in [0, 0.1) is 0 Å². The van der Waals surface area contributed by atoms with Gasteiger partial charge >= 0.3 is 0 Å². The van der Waals surface area contributed by atoms with Gasteiger partial charge in [-0.15, -0.1) is 0 Å². The molecule has 2 aromatic carbocycles. The van der Waals surface area contributed by atoms with E-state index in [1.807, 2.05) is 36.1 Å². The van der Waals surface area contributed by atoms with E-state index in [1.165, 1.54) is 5.01 Å². The second-order valence-electron chi connectivity index (χ2n) is 10.7. The standard InChI is InChI=1S/C29H29Cl2N5O3/c1-3-16(2)27-29(21-10-7-19(31)12-23(21)33-28(29)39)22(17-5-4-6-18(30)11-17)13-24-34-36(26(38)15-35(24)27)14-25(37)32-20-8-9-20/h4-7,10-12,20,22,27H,2-3,8-9,13-15H2,1H3,(H,32,37)(H,33,39)/t22-,27+,29-/m0/s1. The number of hydrogen-bond donors (Lipinski definition) is 2. The highest BCUT2D eigenvalue weighted by atomic mass is 35.5. The number of carbonyl (C=O) groups is 3. The summed E-state index contributed by atoms with van der Waals surface area (Å²) in [5, 5.41) is 13.0. The van der Waals surface area contributed by atoms with Crippen LogP contribution >= 0.6 is 23.2 Å². The van der Waals surface area contributed by atoms with Gasteiger partial charge in [0.05, 0.1) is 6.04 Å². The van der Waals surface area contributed by atoms with E-state index in [-0.39, 0.29) is 42.8 Å². The summed E-state index contributed by atoms with van der Waals surface area (Å²) < 4.78 is 0. The molecule has 1 spiro atoms. The summed E-state index contributed by atoms with van der Waals surface area (Å²) in [5.41, 5.74) is 2.03. The minimum Gasteiger partial charge on any atom is -0.352 e. The molecule has 3 heterocycles. The maximum atomic E-state index is 14.3. The number of rotatable bonds is 6. The molecule has 0 radical (unpaired) electrons. The zero-order valence-corrected chi connectivity index (χ0v) is 23.1. The Kier molecular flexibility index (Phi) is 6.43. The monoisotopic (exact) mass is 565 g/mol. The first kappa shape index (κ1) is 25.9. The molecule has 202 valence electrons. The molecule has 39 heavy (non-hydrogen) atoms. The van der Waals surface area contributed by atoms with Gasteiger partial charge in [0, 0.05) is 34.1 Å². The highest BCUT2D eigenvalue weighted by Gasteiger charge is 2.63. The van der Waals surface area contributed by atoms with E-state index >= 15 is 0 Å². The van der Waals surface area contributed by atoms with Crippen molar-refractivity contribution in [3.63, 3.8) is 0 Å². The predicted octanol–water partition coefficient (Wildman–Crippen LogP) is 4.44. The van der Waals surface area contributed by atoms with E-state index in [9.17, 15) is 14.4 Å². The molecule has 1 saturated heterocycles. The number of fused-ring (bicyclic) bond motifs is 3. The molecular formula is C29H29Cl2N5O3. The van der Waals surface area contributed by atoms with Crippen molar-refractivity contribution in [2.75, 3.05) is 18.4 Å². The number of halogens is 2. The fourth-order valence-electron chi connectivity index (χ4n) is 6.30. The Morgan fingerprint density at radius 2 is 1.95 bits per heavy atom. The number of hydrazone groups is 1. The SMILES string of the molecule is C=C(CC)[C@H]1N2CC(=O)N(CC(=O)NC3CC3)N=C2C[C@@H](c2cccc(Cl)c2)[C@]12C(=O)Nc1cc(Cl)ccc12. The largest absolute Gasteiger partial charge is 0.352 e. The van der Waals surface area contributed by atoms with E-state index in [4.69, 9.17) is 28.3 Å². The molecule has 3 atom stereocenters. The second kappa shape index (κ2) is 9.68. The van der Waals surface area contributed by atoms with Crippen LogP contribution in [-0.2, 0) is 19.8 Å². The summed E-state index contributed by atoms with van der Waals surface area (Å²) >= 11 is 12.8. The average molecular weight is 566 g/mol. The van der Waals surface area contributed by atoms with Crippen molar-refractivity contribution in [2.45, 2.75) is 56.0 Å². The molecule has 2 fully saturated rings. The van der Waals surface area contributed by atoms with Gasteiger partial charge in [-0.3, -0.25) is 14.4 Å². The molecule has 0 unspecified atom stereocenters. The Morgan fingerprint density at radius 1 is 1.18 bits per heavy atom. The van der Waals surface area contributed by atoms with Crippen molar-refractivity contribution in [1.29, 1.82) is 0 Å². The Labute approximate surface area is 237 Å². The lowest BCUT2D eigenvalue weighted by Crippen LogP contribution is -2.67. The number of amidine groups is 1. The topological polar surface area (TPSA) is 94.1 Å². The predicted molar refractivity (Wildman–Crippen MR) is 151 cm³/mol. The molecule has 10 heteroatoms. The number of benzene rings is 2. The van der Waals surface area contributed by atoms with Crippen LogP contribution in [0.1, 0.15) is 49.7 Å². The molecule has 8 nitrogen and oxygen atoms in total. The minimum atomic E-state index is -1.11. The number of hydrogen-bond acceptors (Lipinski definition) is 5. The van der Waals surface area contributed by atoms with Crippen molar-refractivity contribution in [1.82, 2.24) is 15.2 Å². The van der Waals surface area contributed by atoms with Crippen LogP contribution in [0.4, 0.5) is 5.69 Å². The lowest BCUT2D eigenvalue weighted by molar-refractivity contribution is -0.139. The van der Waals surface area contributed by atoms with E-state index in [0.29, 0.717) is 34.4 Å². The van der Waals surface area contributed by atoms with Crippen molar-refractivity contribution < 1.29 is 14.4 Å². The van der Waals surface area contributed by atoms with Crippen LogP contribution in [0.15, 0.2) is 59.7 Å². The number of nitrogens with zero attached hydrogens (tertiary/aromatic N) is 3. The van der Waals surface area contributed by atoms with Gasteiger partial charge in [-0.25, -0.2) is 5.01 Å². The van der Waals surface area contributed by atoms with Crippen molar-refractivity contribution >= 4 is 52.4 Å². The van der Waals surface area contributed by atoms with Gasteiger partial charge in [-0.05, 0) is 54.7 Å². The molecule has 1 aliphatic carbocycles. The van der Waals surface area contributed by atoms with Gasteiger partial charge < -0.3 is 15.5 Å². The Hall–Kier alpha value is -3.36. The Balaban J connectivity index is 1.51. The molecule has 4 aliphatic rings. The molecule has 1 saturated carbocycles. The summed E-state index contributed by atoms with van der Waals surface area (Å²) in [4.78, 5) is 42.0. The van der Waals surface area contributed by atoms with Crippen molar-refractivity contribution in [3.8, 4) is 0 Å². The van der Waals surface area contributed by atoms with E-state index < -0.39 is 11.5 Å². The molecule has 3 amide bonds. The van der Waals surface area contributed by atoms with Crippen LogP contribution in [0.2, 0.25) is 10.0 Å². The summed E-state index contributed by atoms with van der Waals surface area (Å²) in [5.74, 6) is -0.443. The van der Waals surface area contributed by atoms with Gasteiger partial charge in [0.25, 0.3) is 5.91 Å². The third-order valence-corrected chi connectivity index (χ3v) is 8.69. The number of amides is 3. The van der Waals surface area contributed by atoms with Crippen LogP contribution in [0.25, 0.3) is 0 Å². The summed E-state index contributed by atoms with van der Waals surface area (Å²) in [6, 6.07) is 12.6. The molecule has 2 aromatic rings. The zero-order valence-electron chi connectivity index (χ0n) is 21.5. The lowest BCUT2D eigenvalue weighted by Gasteiger charge is -2.54. The van der Waals surface area contributed by atoms with Crippen LogP contribution < -0.4 is 10.6 Å². The van der Waals surface area contributed by atoms with Crippen LogP contribution in [0.3, 0.4) is 0 Å². The lowest BCUT2D eigenvalue weighted by atomic mass is 9.58. The highest BCUT2D eigenvalue weighted by molar-refractivity contribution is 6.31. The zero-order chi connectivity index (χ0) is 27.5. The Morgan fingerprint density at radius 3 is 2.67 bits per heavy atom. The fourth-order valence-corrected chi connectivity index (χ4v) is 6.67. The normalized spacial score (nSPS) is 25.7. The Bertz CT molecular complexity index is 1440. The van der Waals surface area contributed by atoms with E-state index in [0.717, 1.165) is 29.5 Å². The van der Waals surface area contributed by atoms with Gasteiger partial charge in [0.15, 0.2) is 0 Å². The third-order valence-electron chi connectivity index (χ3n) is 8.22. The van der Waals surface area contributed by atoms with Gasteiger partial charge in [-0.2, -0.15) is 5.10 Å². The minimum absolute atomic E-state index is 0.0144.